The number of fused-ring (bicyclic) bond motifs is 1. The van der Waals surface area contributed by atoms with E-state index in [0.717, 1.165) is 11.3 Å². The molecular weight excluding hydrogens is 310 g/mol. The summed E-state index contributed by atoms with van der Waals surface area (Å²) < 4.78 is 11.8. The van der Waals surface area contributed by atoms with Crippen LogP contribution in [-0.4, -0.2) is 29.0 Å². The molecule has 0 spiro atoms. The Kier molecular flexibility index (Phi) is 4.60. The molecule has 0 saturated heterocycles. The summed E-state index contributed by atoms with van der Waals surface area (Å²) >= 11 is 0. The first kappa shape index (κ1) is 15.8. The van der Waals surface area contributed by atoms with Crippen molar-refractivity contribution in [1.82, 2.24) is 15.1 Å². The molecule has 0 bridgehead atoms. The van der Waals surface area contributed by atoms with E-state index in [1.54, 1.807) is 18.2 Å². The lowest BCUT2D eigenvalue weighted by Gasteiger charge is -2.05. The summed E-state index contributed by atoms with van der Waals surface area (Å²) in [4.78, 5) is 23.4. The second-order valence-corrected chi connectivity index (χ2v) is 5.27. The second kappa shape index (κ2) is 6.99. The molecule has 24 heavy (non-hydrogen) atoms. The molecular formula is C17H17N3O4. The van der Waals surface area contributed by atoms with E-state index in [4.69, 9.17) is 9.47 Å². The van der Waals surface area contributed by atoms with Gasteiger partial charge in [0.25, 0.3) is 5.56 Å². The zero-order valence-corrected chi connectivity index (χ0v) is 13.2. The molecule has 1 amide bonds. The van der Waals surface area contributed by atoms with E-state index < -0.39 is 0 Å². The van der Waals surface area contributed by atoms with E-state index in [0.29, 0.717) is 24.6 Å². The summed E-state index contributed by atoms with van der Waals surface area (Å²) in [6, 6.07) is 8.57. The summed E-state index contributed by atoms with van der Waals surface area (Å²) in [7, 11) is 0. The molecule has 1 aliphatic heterocycles. The highest BCUT2D eigenvalue weighted by Crippen LogP contribution is 2.32. The molecule has 0 atom stereocenters. The van der Waals surface area contributed by atoms with Crippen molar-refractivity contribution in [2.45, 2.75) is 13.5 Å². The first-order valence-corrected chi connectivity index (χ1v) is 7.52. The third kappa shape index (κ3) is 3.81. The van der Waals surface area contributed by atoms with Gasteiger partial charge in [0.05, 0.1) is 12.2 Å². The lowest BCUT2D eigenvalue weighted by Crippen LogP contribution is -2.31. The van der Waals surface area contributed by atoms with Crippen LogP contribution in [0.25, 0.3) is 6.08 Å². The number of ether oxygens (including phenoxy) is 2. The van der Waals surface area contributed by atoms with Crippen LogP contribution in [0.1, 0.15) is 11.3 Å². The molecule has 1 N–H and O–H groups in total. The van der Waals surface area contributed by atoms with E-state index in [1.165, 1.54) is 16.8 Å². The number of nitrogens with zero attached hydrogens (tertiary/aromatic N) is 2. The zero-order chi connectivity index (χ0) is 16.9. The maximum atomic E-state index is 11.8. The average molecular weight is 327 g/mol. The number of aromatic nitrogens is 2. The van der Waals surface area contributed by atoms with Crippen molar-refractivity contribution in [3.8, 4) is 11.5 Å². The molecule has 2 heterocycles. The van der Waals surface area contributed by atoms with Gasteiger partial charge in [-0.15, -0.1) is 0 Å². The number of aryl methyl sites for hydroxylation is 1. The number of carbonyl (C=O) groups excluding carboxylic acids is 1. The van der Waals surface area contributed by atoms with Crippen molar-refractivity contribution in [2.24, 2.45) is 0 Å². The van der Waals surface area contributed by atoms with E-state index in [1.807, 2.05) is 19.1 Å². The summed E-state index contributed by atoms with van der Waals surface area (Å²) in [6.07, 6.45) is 3.12. The van der Waals surface area contributed by atoms with Gasteiger partial charge in [0.15, 0.2) is 11.5 Å². The molecule has 7 heteroatoms. The van der Waals surface area contributed by atoms with E-state index >= 15 is 0 Å². The molecule has 124 valence electrons. The topological polar surface area (TPSA) is 82.5 Å². The van der Waals surface area contributed by atoms with Gasteiger partial charge in [0.2, 0.25) is 12.7 Å². The predicted molar refractivity (Wildman–Crippen MR) is 87.8 cm³/mol. The fourth-order valence-electron chi connectivity index (χ4n) is 2.24. The highest BCUT2D eigenvalue weighted by atomic mass is 16.7. The summed E-state index contributed by atoms with van der Waals surface area (Å²) in [5, 5.41) is 6.82. The Morgan fingerprint density at radius 1 is 1.29 bits per heavy atom. The van der Waals surface area contributed by atoms with Crippen molar-refractivity contribution >= 4 is 12.0 Å². The van der Waals surface area contributed by atoms with Crippen LogP contribution in [0.2, 0.25) is 0 Å². The second-order valence-electron chi connectivity index (χ2n) is 5.27. The van der Waals surface area contributed by atoms with Gasteiger partial charge >= 0.3 is 0 Å². The summed E-state index contributed by atoms with van der Waals surface area (Å²) in [5.74, 6) is 1.13. The summed E-state index contributed by atoms with van der Waals surface area (Å²) in [5.41, 5.74) is 1.40. The molecule has 0 fully saturated rings. The number of amides is 1. The number of hydrogen-bond donors (Lipinski definition) is 1. The van der Waals surface area contributed by atoms with Crippen LogP contribution in [-0.2, 0) is 11.3 Å². The van der Waals surface area contributed by atoms with Crippen LogP contribution in [0.5, 0.6) is 11.5 Å². The van der Waals surface area contributed by atoms with Gasteiger partial charge in [-0.1, -0.05) is 6.07 Å². The van der Waals surface area contributed by atoms with Crippen molar-refractivity contribution < 1.29 is 14.3 Å². The van der Waals surface area contributed by atoms with Gasteiger partial charge in [-0.05, 0) is 36.8 Å². The van der Waals surface area contributed by atoms with Crippen LogP contribution >= 0.6 is 0 Å². The van der Waals surface area contributed by atoms with Crippen molar-refractivity contribution in [3.05, 3.63) is 58.0 Å². The Balaban J connectivity index is 1.52. The number of carbonyl (C=O) groups is 1. The largest absolute Gasteiger partial charge is 0.454 e. The Hall–Kier alpha value is -3.09. The van der Waals surface area contributed by atoms with E-state index in [9.17, 15) is 9.59 Å². The fourth-order valence-corrected chi connectivity index (χ4v) is 2.24. The smallest absolute Gasteiger partial charge is 0.266 e. The Morgan fingerprint density at radius 3 is 3.00 bits per heavy atom. The van der Waals surface area contributed by atoms with Crippen molar-refractivity contribution in [2.75, 3.05) is 13.3 Å². The normalized spacial score (nSPS) is 12.5. The van der Waals surface area contributed by atoms with Crippen LogP contribution < -0.4 is 20.3 Å². The van der Waals surface area contributed by atoms with Crippen molar-refractivity contribution in [1.29, 1.82) is 0 Å². The van der Waals surface area contributed by atoms with Gasteiger partial charge in [0.1, 0.15) is 0 Å². The minimum Gasteiger partial charge on any atom is -0.454 e. The molecule has 0 saturated carbocycles. The number of nitrogens with one attached hydrogen (secondary N) is 1. The Labute approximate surface area is 138 Å². The number of rotatable bonds is 5. The monoisotopic (exact) mass is 327 g/mol. The standard InChI is InChI=1S/C17H17N3O4/c1-12-2-7-17(22)20(19-12)9-8-18-16(21)6-4-13-3-5-14-15(10-13)24-11-23-14/h2-7,10H,8-9,11H2,1H3,(H,18,21)/b6-4+. The maximum absolute atomic E-state index is 11.8. The van der Waals surface area contributed by atoms with Crippen LogP contribution in [0.15, 0.2) is 41.2 Å². The minimum atomic E-state index is -0.242. The lowest BCUT2D eigenvalue weighted by atomic mass is 10.2. The minimum absolute atomic E-state index is 0.189. The van der Waals surface area contributed by atoms with Gasteiger partial charge in [-0.2, -0.15) is 5.10 Å². The number of benzene rings is 1. The highest BCUT2D eigenvalue weighted by Gasteiger charge is 2.12. The average Bonchev–Trinajstić information content (AvgIpc) is 3.04. The van der Waals surface area contributed by atoms with Crippen molar-refractivity contribution in [3.63, 3.8) is 0 Å². The molecule has 1 aromatic carbocycles. The maximum Gasteiger partial charge on any atom is 0.266 e. The Bertz CT molecular complexity index is 842. The molecule has 7 nitrogen and oxygen atoms in total. The third-order valence-electron chi connectivity index (χ3n) is 3.45. The van der Waals surface area contributed by atoms with Crippen LogP contribution in [0, 0.1) is 6.92 Å². The van der Waals surface area contributed by atoms with Gasteiger partial charge in [-0.25, -0.2) is 4.68 Å². The SMILES string of the molecule is Cc1ccc(=O)n(CCNC(=O)/C=C/c2ccc3c(c2)OCO3)n1. The van der Waals surface area contributed by atoms with Gasteiger partial charge in [0, 0.05) is 18.7 Å². The zero-order valence-electron chi connectivity index (χ0n) is 13.2. The fraction of sp³-hybridized carbons (Fsp3) is 0.235. The van der Waals surface area contributed by atoms with Crippen LogP contribution in [0.3, 0.4) is 0 Å². The van der Waals surface area contributed by atoms with Gasteiger partial charge in [-0.3, -0.25) is 9.59 Å². The lowest BCUT2D eigenvalue weighted by molar-refractivity contribution is -0.116. The first-order valence-electron chi connectivity index (χ1n) is 7.52. The molecule has 1 aliphatic rings. The Morgan fingerprint density at radius 2 is 2.12 bits per heavy atom. The van der Waals surface area contributed by atoms with Crippen LogP contribution in [0.4, 0.5) is 0 Å². The quantitative estimate of drug-likeness (QED) is 0.832. The molecule has 0 aliphatic carbocycles. The van der Waals surface area contributed by atoms with Gasteiger partial charge < -0.3 is 14.8 Å². The predicted octanol–water partition coefficient (Wildman–Crippen LogP) is 1.11. The summed E-state index contributed by atoms with van der Waals surface area (Å²) in [6.45, 7) is 2.67. The molecule has 0 unspecified atom stereocenters. The molecule has 1 aromatic heterocycles. The molecule has 0 radical (unpaired) electrons. The third-order valence-corrected chi connectivity index (χ3v) is 3.45. The molecule has 2 aromatic rings. The van der Waals surface area contributed by atoms with E-state index in [2.05, 4.69) is 10.4 Å². The molecule has 3 rings (SSSR count). The van der Waals surface area contributed by atoms with E-state index in [-0.39, 0.29) is 18.3 Å². The first-order chi connectivity index (χ1) is 11.6. The number of hydrogen-bond acceptors (Lipinski definition) is 5. The highest BCUT2D eigenvalue weighted by molar-refractivity contribution is 5.91.